The van der Waals surface area contributed by atoms with E-state index < -0.39 is 0 Å². The minimum atomic E-state index is -0.0000697. The number of thiophene rings is 1. The fourth-order valence-electron chi connectivity index (χ4n) is 2.59. The van der Waals surface area contributed by atoms with Gasteiger partial charge in [0.1, 0.15) is 5.15 Å². The van der Waals surface area contributed by atoms with E-state index in [4.69, 9.17) is 11.6 Å². The van der Waals surface area contributed by atoms with Crippen LogP contribution in [-0.4, -0.2) is 35.4 Å². The number of amides is 1. The maximum atomic E-state index is 12.0. The molecule has 0 spiro atoms. The maximum Gasteiger partial charge on any atom is 0.261 e. The molecule has 1 aliphatic rings. The second-order valence-electron chi connectivity index (χ2n) is 5.51. The molecule has 0 aromatic carbocycles. The van der Waals surface area contributed by atoms with E-state index in [0.717, 1.165) is 36.5 Å². The minimum absolute atomic E-state index is 0.0000697. The van der Waals surface area contributed by atoms with Crippen LogP contribution < -0.4 is 5.32 Å². The summed E-state index contributed by atoms with van der Waals surface area (Å²) in [4.78, 5) is 19.2. The van der Waals surface area contributed by atoms with Crippen molar-refractivity contribution < 1.29 is 4.79 Å². The van der Waals surface area contributed by atoms with Gasteiger partial charge in [0.2, 0.25) is 0 Å². The van der Waals surface area contributed by atoms with Crippen molar-refractivity contribution in [3.05, 3.63) is 63.1 Å². The smallest absolute Gasteiger partial charge is 0.261 e. The number of pyridine rings is 1. The number of nitrogens with zero attached hydrogens (tertiary/aromatic N) is 2. The van der Waals surface area contributed by atoms with E-state index in [-0.39, 0.29) is 5.91 Å². The van der Waals surface area contributed by atoms with Crippen molar-refractivity contribution in [3.8, 4) is 0 Å². The molecule has 1 N–H and O–H groups in total. The van der Waals surface area contributed by atoms with Crippen LogP contribution in [0.4, 0.5) is 0 Å². The summed E-state index contributed by atoms with van der Waals surface area (Å²) in [6, 6.07) is 7.56. The van der Waals surface area contributed by atoms with Gasteiger partial charge in [0.05, 0.1) is 4.88 Å². The van der Waals surface area contributed by atoms with Crippen LogP contribution in [0.1, 0.15) is 21.7 Å². The Bertz CT molecular complexity index is 682. The van der Waals surface area contributed by atoms with Crippen LogP contribution in [0, 0.1) is 0 Å². The van der Waals surface area contributed by atoms with Gasteiger partial charge in [0.25, 0.3) is 5.91 Å². The summed E-state index contributed by atoms with van der Waals surface area (Å²) in [5, 5.41) is 5.42. The van der Waals surface area contributed by atoms with Crippen LogP contribution >= 0.6 is 22.9 Å². The molecule has 1 amide bonds. The van der Waals surface area contributed by atoms with Gasteiger partial charge in [0.15, 0.2) is 0 Å². The lowest BCUT2D eigenvalue weighted by molar-refractivity contribution is 0.0960. The Labute approximate surface area is 144 Å². The minimum Gasteiger partial charge on any atom is -0.348 e. The monoisotopic (exact) mass is 347 g/mol. The molecule has 2 aromatic heterocycles. The van der Waals surface area contributed by atoms with E-state index in [9.17, 15) is 4.79 Å². The van der Waals surface area contributed by atoms with Crippen molar-refractivity contribution in [2.24, 2.45) is 0 Å². The number of carbonyl (C=O) groups is 1. The van der Waals surface area contributed by atoms with E-state index >= 15 is 0 Å². The van der Waals surface area contributed by atoms with Gasteiger partial charge in [-0.05, 0) is 35.1 Å². The fourth-order valence-corrected chi connectivity index (χ4v) is 3.34. The number of carbonyl (C=O) groups excluding carboxylic acids is 1. The number of nitrogens with one attached hydrogen (secondary N) is 1. The number of rotatable bonds is 5. The Hall–Kier alpha value is -1.69. The zero-order valence-corrected chi connectivity index (χ0v) is 14.2. The molecule has 2 aromatic rings. The van der Waals surface area contributed by atoms with Gasteiger partial charge in [-0.1, -0.05) is 29.8 Å². The zero-order valence-electron chi connectivity index (χ0n) is 12.7. The highest BCUT2D eigenvalue weighted by Crippen LogP contribution is 2.14. The first kappa shape index (κ1) is 16.2. The molecule has 0 saturated carbocycles. The molecule has 0 fully saturated rings. The van der Waals surface area contributed by atoms with Crippen LogP contribution in [-0.2, 0) is 6.54 Å². The molecule has 3 rings (SSSR count). The molecule has 0 bridgehead atoms. The summed E-state index contributed by atoms with van der Waals surface area (Å²) < 4.78 is 0. The highest BCUT2D eigenvalue weighted by atomic mass is 35.5. The Morgan fingerprint density at radius 2 is 2.30 bits per heavy atom. The molecule has 0 saturated heterocycles. The average molecular weight is 348 g/mol. The van der Waals surface area contributed by atoms with Gasteiger partial charge in [-0.2, -0.15) is 0 Å². The largest absolute Gasteiger partial charge is 0.348 e. The van der Waals surface area contributed by atoms with Crippen molar-refractivity contribution in [1.29, 1.82) is 0 Å². The van der Waals surface area contributed by atoms with Crippen molar-refractivity contribution in [2.45, 2.75) is 13.0 Å². The fraction of sp³-hybridized carbons (Fsp3) is 0.294. The van der Waals surface area contributed by atoms with E-state index in [2.05, 4.69) is 21.3 Å². The van der Waals surface area contributed by atoms with Gasteiger partial charge >= 0.3 is 0 Å². The lowest BCUT2D eigenvalue weighted by Crippen LogP contribution is -2.34. The molecule has 0 radical (unpaired) electrons. The van der Waals surface area contributed by atoms with E-state index in [1.165, 1.54) is 16.9 Å². The molecule has 0 unspecified atom stereocenters. The van der Waals surface area contributed by atoms with E-state index in [1.807, 2.05) is 35.8 Å². The van der Waals surface area contributed by atoms with Crippen LogP contribution in [0.3, 0.4) is 0 Å². The van der Waals surface area contributed by atoms with Crippen molar-refractivity contribution >= 4 is 28.8 Å². The van der Waals surface area contributed by atoms with Gasteiger partial charge in [-0.25, -0.2) is 4.98 Å². The summed E-state index contributed by atoms with van der Waals surface area (Å²) >= 11 is 7.28. The summed E-state index contributed by atoms with van der Waals surface area (Å²) in [6.45, 7) is 3.34. The molecule has 0 atom stereocenters. The maximum absolute atomic E-state index is 12.0. The standard InChI is InChI=1S/C17H18ClN3OS/c18-16-6-5-14(9-19-16)12-21-7-1-3-13(11-21)10-20-17(22)15-4-2-8-23-15/h2-6,8-9H,1,7,10-12H2,(H,20,22). The first-order valence-electron chi connectivity index (χ1n) is 7.53. The first-order chi connectivity index (χ1) is 11.2. The second kappa shape index (κ2) is 7.73. The molecule has 3 heterocycles. The molecule has 120 valence electrons. The molecule has 4 nitrogen and oxygen atoms in total. The normalized spacial score (nSPS) is 15.3. The molecule has 23 heavy (non-hydrogen) atoms. The van der Waals surface area contributed by atoms with Crippen molar-refractivity contribution in [3.63, 3.8) is 0 Å². The first-order valence-corrected chi connectivity index (χ1v) is 8.79. The van der Waals surface area contributed by atoms with Gasteiger partial charge in [0, 0.05) is 32.4 Å². The quantitative estimate of drug-likeness (QED) is 0.666. The summed E-state index contributed by atoms with van der Waals surface area (Å²) in [5.41, 5.74) is 2.40. The van der Waals surface area contributed by atoms with E-state index in [0.29, 0.717) is 11.7 Å². The Morgan fingerprint density at radius 1 is 1.39 bits per heavy atom. The number of hydrogen-bond acceptors (Lipinski definition) is 4. The third-order valence-corrected chi connectivity index (χ3v) is 4.81. The van der Waals surface area contributed by atoms with E-state index in [1.54, 1.807) is 0 Å². The zero-order chi connectivity index (χ0) is 16.1. The van der Waals surface area contributed by atoms with Gasteiger partial charge in [-0.3, -0.25) is 9.69 Å². The van der Waals surface area contributed by atoms with Crippen LogP contribution in [0.2, 0.25) is 5.15 Å². The number of halogens is 1. The highest BCUT2D eigenvalue weighted by molar-refractivity contribution is 7.12. The summed E-state index contributed by atoms with van der Waals surface area (Å²) in [7, 11) is 0. The number of aromatic nitrogens is 1. The third-order valence-electron chi connectivity index (χ3n) is 3.72. The van der Waals surface area contributed by atoms with Crippen LogP contribution in [0.15, 0.2) is 47.5 Å². The summed E-state index contributed by atoms with van der Waals surface area (Å²) in [5.74, 6) is -0.0000697. The number of hydrogen-bond donors (Lipinski definition) is 1. The molecular formula is C17H18ClN3OS. The highest BCUT2D eigenvalue weighted by Gasteiger charge is 2.14. The Balaban J connectivity index is 1.50. The molecular weight excluding hydrogens is 330 g/mol. The van der Waals surface area contributed by atoms with Crippen molar-refractivity contribution in [2.75, 3.05) is 19.6 Å². The van der Waals surface area contributed by atoms with Gasteiger partial charge in [-0.15, -0.1) is 11.3 Å². The summed E-state index contributed by atoms with van der Waals surface area (Å²) in [6.07, 6.45) is 5.05. The Morgan fingerprint density at radius 3 is 3.04 bits per heavy atom. The third kappa shape index (κ3) is 4.64. The lowest BCUT2D eigenvalue weighted by atomic mass is 10.1. The SMILES string of the molecule is O=C(NCC1=CCCN(Cc2ccc(Cl)nc2)C1)c1cccs1. The predicted molar refractivity (Wildman–Crippen MR) is 93.9 cm³/mol. The Kier molecular flexibility index (Phi) is 5.43. The average Bonchev–Trinajstić information content (AvgIpc) is 3.10. The molecule has 0 aliphatic carbocycles. The predicted octanol–water partition coefficient (Wildman–Crippen LogP) is 3.36. The topological polar surface area (TPSA) is 45.2 Å². The molecule has 6 heteroatoms. The second-order valence-corrected chi connectivity index (χ2v) is 6.85. The lowest BCUT2D eigenvalue weighted by Gasteiger charge is -2.27. The molecule has 1 aliphatic heterocycles. The van der Waals surface area contributed by atoms with Crippen molar-refractivity contribution in [1.82, 2.24) is 15.2 Å². The van der Waals surface area contributed by atoms with Gasteiger partial charge < -0.3 is 5.32 Å². The van der Waals surface area contributed by atoms with Crippen LogP contribution in [0.25, 0.3) is 0 Å². The van der Waals surface area contributed by atoms with Crippen LogP contribution in [0.5, 0.6) is 0 Å².